The first-order valence-corrected chi connectivity index (χ1v) is 13.6. The molecule has 1 N–H and O–H groups in total. The number of carbonyl (C=O) groups excluding carboxylic acids is 2. The van der Waals surface area contributed by atoms with Gasteiger partial charge in [-0.1, -0.05) is 49.4 Å². The highest BCUT2D eigenvalue weighted by Gasteiger charge is 2.29. The highest BCUT2D eigenvalue weighted by molar-refractivity contribution is 7.92. The van der Waals surface area contributed by atoms with Crippen molar-refractivity contribution < 1.29 is 18.0 Å². The number of amides is 2. The second-order valence-electron chi connectivity index (χ2n) is 8.49. The monoisotopic (exact) mass is 487 g/mol. The van der Waals surface area contributed by atoms with E-state index in [-0.39, 0.29) is 24.8 Å². The average Bonchev–Trinajstić information content (AvgIpc) is 2.78. The number of aryl methyl sites for hydroxylation is 2. The first-order chi connectivity index (χ1) is 16.1. The van der Waals surface area contributed by atoms with Gasteiger partial charge in [0.2, 0.25) is 21.8 Å². The van der Waals surface area contributed by atoms with E-state index in [2.05, 4.69) is 5.32 Å². The smallest absolute Gasteiger partial charge is 0.242 e. The molecule has 0 bridgehead atoms. The van der Waals surface area contributed by atoms with E-state index >= 15 is 0 Å². The summed E-state index contributed by atoms with van der Waals surface area (Å²) in [6, 6.07) is 14.5. The van der Waals surface area contributed by atoms with E-state index in [1.54, 1.807) is 17.0 Å². The van der Waals surface area contributed by atoms with Crippen molar-refractivity contribution >= 4 is 27.5 Å². The van der Waals surface area contributed by atoms with Crippen LogP contribution >= 0.6 is 0 Å². The predicted octanol–water partition coefficient (Wildman–Crippen LogP) is 3.79. The quantitative estimate of drug-likeness (QED) is 0.493. The molecule has 0 aliphatic carbocycles. The van der Waals surface area contributed by atoms with E-state index in [0.717, 1.165) is 16.7 Å². The number of hydrogen-bond donors (Lipinski definition) is 1. The minimum absolute atomic E-state index is 0.139. The van der Waals surface area contributed by atoms with Crippen molar-refractivity contribution in [3.05, 3.63) is 65.2 Å². The van der Waals surface area contributed by atoms with Gasteiger partial charge in [-0.3, -0.25) is 13.9 Å². The largest absolute Gasteiger partial charge is 0.355 e. The van der Waals surface area contributed by atoms with Gasteiger partial charge in [-0.05, 0) is 56.4 Å². The third kappa shape index (κ3) is 7.32. The highest BCUT2D eigenvalue weighted by atomic mass is 32.2. The number of nitrogens with one attached hydrogen (secondary N) is 1. The molecule has 0 heterocycles. The molecule has 0 fully saturated rings. The normalized spacial score (nSPS) is 12.1. The molecule has 0 spiro atoms. The molecule has 1 atom stereocenters. The summed E-state index contributed by atoms with van der Waals surface area (Å²) in [5.74, 6) is -0.343. The van der Waals surface area contributed by atoms with Gasteiger partial charge < -0.3 is 10.2 Å². The minimum atomic E-state index is -3.51. The highest BCUT2D eigenvalue weighted by Crippen LogP contribution is 2.23. The molecule has 0 unspecified atom stereocenters. The predicted molar refractivity (Wildman–Crippen MR) is 137 cm³/mol. The number of benzene rings is 2. The van der Waals surface area contributed by atoms with Crippen LogP contribution < -0.4 is 9.62 Å². The van der Waals surface area contributed by atoms with Crippen LogP contribution in [0.3, 0.4) is 0 Å². The number of anilines is 1. The fourth-order valence-electron chi connectivity index (χ4n) is 4.01. The Kier molecular flexibility index (Phi) is 10.1. The Balaban J connectivity index is 2.22. The van der Waals surface area contributed by atoms with Gasteiger partial charge in [0.05, 0.1) is 11.9 Å². The molecule has 2 rings (SSSR count). The molecule has 0 aromatic heterocycles. The van der Waals surface area contributed by atoms with Crippen LogP contribution in [0.25, 0.3) is 0 Å². The van der Waals surface area contributed by atoms with Crippen molar-refractivity contribution in [1.82, 2.24) is 10.2 Å². The average molecular weight is 488 g/mol. The number of para-hydroxylation sites is 1. The number of nitrogens with zero attached hydrogens (tertiary/aromatic N) is 2. The van der Waals surface area contributed by atoms with Gasteiger partial charge in [0.15, 0.2) is 0 Å². The molecular weight excluding hydrogens is 450 g/mol. The summed E-state index contributed by atoms with van der Waals surface area (Å²) in [5, 5.41) is 2.83. The molecule has 2 aromatic rings. The number of hydrogen-bond acceptors (Lipinski definition) is 4. The maximum atomic E-state index is 13.4. The van der Waals surface area contributed by atoms with E-state index in [4.69, 9.17) is 0 Å². The minimum Gasteiger partial charge on any atom is -0.355 e. The zero-order valence-electron chi connectivity index (χ0n) is 20.9. The third-order valence-corrected chi connectivity index (χ3v) is 7.06. The summed E-state index contributed by atoms with van der Waals surface area (Å²) >= 11 is 0. The summed E-state index contributed by atoms with van der Waals surface area (Å²) < 4.78 is 26.3. The lowest BCUT2D eigenvalue weighted by molar-refractivity contribution is -0.141. The Morgan fingerprint density at radius 3 is 2.15 bits per heavy atom. The molecule has 0 saturated heterocycles. The maximum Gasteiger partial charge on any atom is 0.242 e. The van der Waals surface area contributed by atoms with E-state index < -0.39 is 16.1 Å². The van der Waals surface area contributed by atoms with E-state index in [1.807, 2.05) is 64.1 Å². The fourth-order valence-corrected chi connectivity index (χ4v) is 5.03. The summed E-state index contributed by atoms with van der Waals surface area (Å²) in [6.07, 6.45) is 2.14. The van der Waals surface area contributed by atoms with E-state index in [0.29, 0.717) is 31.6 Å². The van der Waals surface area contributed by atoms with Gasteiger partial charge in [-0.2, -0.15) is 0 Å². The molecule has 0 saturated carbocycles. The Labute approximate surface area is 204 Å². The van der Waals surface area contributed by atoms with Crippen molar-refractivity contribution in [3.8, 4) is 0 Å². The second-order valence-corrected chi connectivity index (χ2v) is 10.4. The molecule has 0 aliphatic rings. The van der Waals surface area contributed by atoms with Crippen LogP contribution in [0.15, 0.2) is 48.5 Å². The van der Waals surface area contributed by atoms with Crippen molar-refractivity contribution in [3.63, 3.8) is 0 Å². The first kappa shape index (κ1) is 27.4. The number of rotatable bonds is 12. The third-order valence-electron chi connectivity index (χ3n) is 5.88. The summed E-state index contributed by atoms with van der Waals surface area (Å²) in [5.41, 5.74) is 3.50. The Morgan fingerprint density at radius 1 is 0.971 bits per heavy atom. The molecule has 2 amide bonds. The van der Waals surface area contributed by atoms with Crippen LogP contribution in [0.4, 0.5) is 5.69 Å². The SMILES string of the molecule is CCNC(=O)[C@@H](CC)N(Cc1ccccc1C)C(=O)CCCN(c1ccccc1C)S(C)(=O)=O. The molecular formula is C26H37N3O4S. The lowest BCUT2D eigenvalue weighted by Gasteiger charge is -2.31. The summed E-state index contributed by atoms with van der Waals surface area (Å²) in [6.45, 7) is 8.59. The molecule has 0 radical (unpaired) electrons. The van der Waals surface area contributed by atoms with Crippen molar-refractivity contribution in [2.24, 2.45) is 0 Å². The Hall–Kier alpha value is -2.87. The molecule has 7 nitrogen and oxygen atoms in total. The van der Waals surface area contributed by atoms with E-state index in [1.165, 1.54) is 10.6 Å². The van der Waals surface area contributed by atoms with Crippen LogP contribution in [0.5, 0.6) is 0 Å². The zero-order chi connectivity index (χ0) is 25.3. The van der Waals surface area contributed by atoms with Gasteiger partial charge in [0.1, 0.15) is 6.04 Å². The number of carbonyl (C=O) groups is 2. The second kappa shape index (κ2) is 12.6. The first-order valence-electron chi connectivity index (χ1n) is 11.7. The van der Waals surface area contributed by atoms with Crippen LogP contribution in [0.2, 0.25) is 0 Å². The molecule has 2 aromatic carbocycles. The summed E-state index contributed by atoms with van der Waals surface area (Å²) in [4.78, 5) is 27.8. The van der Waals surface area contributed by atoms with Crippen LogP contribution in [-0.2, 0) is 26.2 Å². The maximum absolute atomic E-state index is 13.4. The standard InChI is InChI=1S/C26H37N3O4S/c1-6-23(26(31)27-7-2)28(19-22-15-10-8-13-20(22)3)25(30)17-12-18-29(34(5,32)33)24-16-11-9-14-21(24)4/h8-11,13-16,23H,6-7,12,17-19H2,1-5H3,(H,27,31)/t23-/m1/s1. The number of sulfonamides is 1. The van der Waals surface area contributed by atoms with E-state index in [9.17, 15) is 18.0 Å². The van der Waals surface area contributed by atoms with Gasteiger partial charge in [-0.25, -0.2) is 8.42 Å². The van der Waals surface area contributed by atoms with Gasteiger partial charge in [-0.15, -0.1) is 0 Å². The van der Waals surface area contributed by atoms with Crippen LogP contribution in [0.1, 0.15) is 49.8 Å². The van der Waals surface area contributed by atoms with Crippen molar-refractivity contribution in [2.75, 3.05) is 23.7 Å². The lowest BCUT2D eigenvalue weighted by atomic mass is 10.1. The molecule has 34 heavy (non-hydrogen) atoms. The van der Waals surface area contributed by atoms with Crippen LogP contribution in [-0.4, -0.2) is 50.5 Å². The van der Waals surface area contributed by atoms with Crippen LogP contribution in [0, 0.1) is 13.8 Å². The molecule has 0 aliphatic heterocycles. The summed E-state index contributed by atoms with van der Waals surface area (Å²) in [7, 11) is -3.51. The van der Waals surface area contributed by atoms with Gasteiger partial charge >= 0.3 is 0 Å². The fraction of sp³-hybridized carbons (Fsp3) is 0.462. The van der Waals surface area contributed by atoms with Gasteiger partial charge in [0, 0.05) is 26.1 Å². The van der Waals surface area contributed by atoms with Crippen molar-refractivity contribution in [2.45, 2.75) is 59.5 Å². The van der Waals surface area contributed by atoms with Gasteiger partial charge in [0.25, 0.3) is 0 Å². The topological polar surface area (TPSA) is 86.8 Å². The lowest BCUT2D eigenvalue weighted by Crippen LogP contribution is -2.49. The Bertz CT molecular complexity index is 1080. The molecule has 186 valence electrons. The Morgan fingerprint density at radius 2 is 1.59 bits per heavy atom. The zero-order valence-corrected chi connectivity index (χ0v) is 21.7. The molecule has 8 heteroatoms. The van der Waals surface area contributed by atoms with Crippen molar-refractivity contribution in [1.29, 1.82) is 0 Å². The number of likely N-dealkylation sites (N-methyl/N-ethyl adjacent to an activating group) is 1.